The molecule has 0 amide bonds. The van der Waals surface area contributed by atoms with Crippen molar-refractivity contribution in [1.82, 2.24) is 4.98 Å². The zero-order valence-corrected chi connectivity index (χ0v) is 11.1. The summed E-state index contributed by atoms with van der Waals surface area (Å²) in [5.74, 6) is 1.57. The highest BCUT2D eigenvalue weighted by Crippen LogP contribution is 2.25. The fraction of sp³-hybridized carbons (Fsp3) is 0.357. The van der Waals surface area contributed by atoms with Crippen LogP contribution in [0.25, 0.3) is 10.8 Å². The molecular weight excluding hydrogens is 242 g/mol. The van der Waals surface area contributed by atoms with Crippen LogP contribution in [0.15, 0.2) is 30.5 Å². The van der Waals surface area contributed by atoms with Crippen LogP contribution in [0.5, 0.6) is 5.75 Å². The monoisotopic (exact) mass is 261 g/mol. The highest BCUT2D eigenvalue weighted by molar-refractivity contribution is 5.92. The minimum absolute atomic E-state index is 0.324. The van der Waals surface area contributed by atoms with Gasteiger partial charge in [0.15, 0.2) is 0 Å². The maximum Gasteiger partial charge on any atom is 0.133 e. The molecule has 4 N–H and O–H groups in total. The van der Waals surface area contributed by atoms with Gasteiger partial charge in [-0.25, -0.2) is 4.98 Å². The van der Waals surface area contributed by atoms with Crippen molar-refractivity contribution in [2.75, 3.05) is 19.0 Å². The van der Waals surface area contributed by atoms with Crippen LogP contribution in [0.1, 0.15) is 6.92 Å². The van der Waals surface area contributed by atoms with Gasteiger partial charge in [-0.15, -0.1) is 0 Å². The third-order valence-electron chi connectivity index (χ3n) is 3.10. The normalized spacial score (nSPS) is 14.1. The molecule has 0 saturated heterocycles. The van der Waals surface area contributed by atoms with E-state index >= 15 is 0 Å². The number of nitrogens with two attached hydrogens (primary N) is 1. The van der Waals surface area contributed by atoms with Gasteiger partial charge in [-0.05, 0) is 36.6 Å². The topological polar surface area (TPSA) is 80.4 Å². The van der Waals surface area contributed by atoms with E-state index in [9.17, 15) is 5.11 Å². The van der Waals surface area contributed by atoms with E-state index in [4.69, 9.17) is 10.5 Å². The second kappa shape index (κ2) is 5.86. The molecule has 2 aromatic rings. The Morgan fingerprint density at radius 1 is 1.42 bits per heavy atom. The van der Waals surface area contributed by atoms with Crippen LogP contribution in [-0.2, 0) is 0 Å². The smallest absolute Gasteiger partial charge is 0.133 e. The Bertz CT molecular complexity index is 557. The molecule has 19 heavy (non-hydrogen) atoms. The number of anilines is 1. The fourth-order valence-corrected chi connectivity index (χ4v) is 1.81. The van der Waals surface area contributed by atoms with E-state index in [0.717, 1.165) is 22.3 Å². The molecule has 0 aliphatic rings. The molecule has 1 aromatic heterocycles. The quantitative estimate of drug-likeness (QED) is 0.757. The summed E-state index contributed by atoms with van der Waals surface area (Å²) >= 11 is 0. The van der Waals surface area contributed by atoms with E-state index in [1.54, 1.807) is 20.2 Å². The Labute approximate surface area is 112 Å². The molecule has 0 radical (unpaired) electrons. The lowest BCUT2D eigenvalue weighted by molar-refractivity contribution is 0.168. The van der Waals surface area contributed by atoms with Crippen molar-refractivity contribution in [3.05, 3.63) is 30.5 Å². The second-order valence-electron chi connectivity index (χ2n) is 4.53. The van der Waals surface area contributed by atoms with Gasteiger partial charge in [-0.1, -0.05) is 0 Å². The second-order valence-corrected chi connectivity index (χ2v) is 4.53. The molecule has 1 aromatic carbocycles. The van der Waals surface area contributed by atoms with Crippen LogP contribution in [0.4, 0.5) is 5.82 Å². The van der Waals surface area contributed by atoms with Gasteiger partial charge >= 0.3 is 0 Å². The van der Waals surface area contributed by atoms with Gasteiger partial charge in [-0.2, -0.15) is 0 Å². The first-order valence-corrected chi connectivity index (χ1v) is 6.22. The summed E-state index contributed by atoms with van der Waals surface area (Å²) in [6.07, 6.45) is 1.18. The number of fused-ring (bicyclic) bond motifs is 1. The number of hydrogen-bond acceptors (Lipinski definition) is 5. The van der Waals surface area contributed by atoms with Gasteiger partial charge in [0.1, 0.15) is 11.6 Å². The van der Waals surface area contributed by atoms with E-state index < -0.39 is 6.10 Å². The third kappa shape index (κ3) is 3.13. The van der Waals surface area contributed by atoms with E-state index in [0.29, 0.717) is 6.54 Å². The molecule has 2 unspecified atom stereocenters. The van der Waals surface area contributed by atoms with E-state index in [1.807, 2.05) is 24.3 Å². The first-order chi connectivity index (χ1) is 9.11. The lowest BCUT2D eigenvalue weighted by Gasteiger charge is -2.16. The Hall–Kier alpha value is -1.85. The summed E-state index contributed by atoms with van der Waals surface area (Å²) in [5, 5.41) is 14.6. The van der Waals surface area contributed by atoms with Crippen LogP contribution in [0.2, 0.25) is 0 Å². The minimum Gasteiger partial charge on any atom is -0.497 e. The molecule has 5 heteroatoms. The van der Waals surface area contributed by atoms with Crippen molar-refractivity contribution in [3.63, 3.8) is 0 Å². The van der Waals surface area contributed by atoms with Crippen molar-refractivity contribution in [2.45, 2.75) is 19.1 Å². The summed E-state index contributed by atoms with van der Waals surface area (Å²) in [6, 6.07) is 7.41. The average molecular weight is 261 g/mol. The van der Waals surface area contributed by atoms with Crippen LogP contribution >= 0.6 is 0 Å². The molecule has 0 aliphatic heterocycles. The molecule has 0 bridgehead atoms. The number of methoxy groups -OCH3 is 1. The molecule has 0 aliphatic carbocycles. The lowest BCUT2D eigenvalue weighted by Crippen LogP contribution is -2.38. The predicted octanol–water partition coefficient (Wildman–Crippen LogP) is 1.36. The van der Waals surface area contributed by atoms with Crippen LogP contribution < -0.4 is 15.8 Å². The number of aliphatic hydroxyl groups excluding tert-OH is 1. The maximum absolute atomic E-state index is 9.38. The number of aliphatic hydroxyl groups is 1. The number of pyridine rings is 1. The molecule has 0 fully saturated rings. The molecule has 2 rings (SSSR count). The summed E-state index contributed by atoms with van der Waals surface area (Å²) in [6.45, 7) is 2.14. The van der Waals surface area contributed by atoms with Crippen molar-refractivity contribution < 1.29 is 9.84 Å². The molecule has 1 heterocycles. The summed E-state index contributed by atoms with van der Waals surface area (Å²) in [4.78, 5) is 4.30. The largest absolute Gasteiger partial charge is 0.497 e. The standard InChI is InChI=1S/C14H19N3O2/c1-9(18)13(15)8-17-14-12-4-3-11(19-2)7-10(12)5-6-16-14/h3-7,9,13,18H,8,15H2,1-2H3,(H,16,17). The summed E-state index contributed by atoms with van der Waals surface area (Å²) in [5.41, 5.74) is 5.79. The van der Waals surface area contributed by atoms with Crippen molar-refractivity contribution in [3.8, 4) is 5.75 Å². The molecule has 102 valence electrons. The fourth-order valence-electron chi connectivity index (χ4n) is 1.81. The molecule has 0 spiro atoms. The molecule has 0 saturated carbocycles. The minimum atomic E-state index is -0.553. The van der Waals surface area contributed by atoms with Crippen molar-refractivity contribution >= 4 is 16.6 Å². The zero-order valence-electron chi connectivity index (χ0n) is 11.1. The number of hydrogen-bond donors (Lipinski definition) is 3. The van der Waals surface area contributed by atoms with Crippen LogP contribution in [0.3, 0.4) is 0 Å². The highest BCUT2D eigenvalue weighted by atomic mass is 16.5. The number of ether oxygens (including phenoxy) is 1. The van der Waals surface area contributed by atoms with Crippen molar-refractivity contribution in [1.29, 1.82) is 0 Å². The van der Waals surface area contributed by atoms with Gasteiger partial charge in [0, 0.05) is 24.2 Å². The highest BCUT2D eigenvalue weighted by Gasteiger charge is 2.10. The summed E-state index contributed by atoms with van der Waals surface area (Å²) in [7, 11) is 1.64. The zero-order chi connectivity index (χ0) is 13.8. The van der Waals surface area contributed by atoms with E-state index in [1.165, 1.54) is 0 Å². The first kappa shape index (κ1) is 13.6. The van der Waals surface area contributed by atoms with Gasteiger partial charge < -0.3 is 20.9 Å². The van der Waals surface area contributed by atoms with Crippen LogP contribution in [-0.4, -0.2) is 35.9 Å². The average Bonchev–Trinajstić information content (AvgIpc) is 2.43. The number of benzene rings is 1. The Balaban J connectivity index is 2.23. The van der Waals surface area contributed by atoms with Crippen LogP contribution in [0, 0.1) is 0 Å². The maximum atomic E-state index is 9.38. The van der Waals surface area contributed by atoms with E-state index in [-0.39, 0.29) is 6.04 Å². The lowest BCUT2D eigenvalue weighted by atomic mass is 10.1. The van der Waals surface area contributed by atoms with E-state index in [2.05, 4.69) is 10.3 Å². The number of rotatable bonds is 5. The molecule has 2 atom stereocenters. The number of aromatic nitrogens is 1. The van der Waals surface area contributed by atoms with Gasteiger partial charge in [0.05, 0.1) is 13.2 Å². The molecule has 5 nitrogen and oxygen atoms in total. The summed E-state index contributed by atoms with van der Waals surface area (Å²) < 4.78 is 5.20. The van der Waals surface area contributed by atoms with Gasteiger partial charge in [0.25, 0.3) is 0 Å². The third-order valence-corrected chi connectivity index (χ3v) is 3.10. The predicted molar refractivity (Wildman–Crippen MR) is 76.4 cm³/mol. The van der Waals surface area contributed by atoms with Gasteiger partial charge in [-0.3, -0.25) is 0 Å². The number of nitrogens with zero attached hydrogens (tertiary/aromatic N) is 1. The Kier molecular flexibility index (Phi) is 4.19. The SMILES string of the molecule is COc1ccc2c(NCC(N)C(C)O)nccc2c1. The Morgan fingerprint density at radius 3 is 2.89 bits per heavy atom. The molecular formula is C14H19N3O2. The first-order valence-electron chi connectivity index (χ1n) is 6.22. The Morgan fingerprint density at radius 2 is 2.21 bits per heavy atom. The number of nitrogens with one attached hydrogen (secondary N) is 1. The van der Waals surface area contributed by atoms with Gasteiger partial charge in [0.2, 0.25) is 0 Å². The van der Waals surface area contributed by atoms with Crippen molar-refractivity contribution in [2.24, 2.45) is 5.73 Å².